The number of Topliss-reactive ketones (excluding diaryl/α,β-unsaturated/α-hetero) is 1. The summed E-state index contributed by atoms with van der Waals surface area (Å²) in [6.45, 7) is 3.87. The number of hydrogen-bond donors (Lipinski definition) is 3. The van der Waals surface area contributed by atoms with Crippen molar-refractivity contribution in [1.29, 1.82) is 0 Å². The van der Waals surface area contributed by atoms with E-state index >= 15 is 0 Å². The lowest BCUT2D eigenvalue weighted by Gasteiger charge is -2.21. The predicted octanol–water partition coefficient (Wildman–Crippen LogP) is 3.64. The average molecular weight is 366 g/mol. The maximum Gasteiger partial charge on any atom is 0.303 e. The second kappa shape index (κ2) is 11.3. The zero-order chi connectivity index (χ0) is 19.6. The van der Waals surface area contributed by atoms with E-state index < -0.39 is 17.7 Å². The van der Waals surface area contributed by atoms with Crippen molar-refractivity contribution < 1.29 is 24.9 Å². The second-order valence-corrected chi connectivity index (χ2v) is 7.59. The molecule has 0 aromatic heterocycles. The van der Waals surface area contributed by atoms with Crippen molar-refractivity contribution in [2.45, 2.75) is 83.3 Å². The van der Waals surface area contributed by atoms with E-state index in [0.717, 1.165) is 19.3 Å². The molecule has 0 aliphatic heterocycles. The van der Waals surface area contributed by atoms with Crippen molar-refractivity contribution in [1.82, 2.24) is 0 Å². The van der Waals surface area contributed by atoms with Crippen molar-refractivity contribution in [3.05, 3.63) is 24.3 Å². The third-order valence-corrected chi connectivity index (χ3v) is 5.02. The van der Waals surface area contributed by atoms with Gasteiger partial charge >= 0.3 is 5.97 Å². The minimum absolute atomic E-state index is 0.0161. The second-order valence-electron chi connectivity index (χ2n) is 7.59. The largest absolute Gasteiger partial charge is 0.481 e. The third kappa shape index (κ3) is 8.28. The summed E-state index contributed by atoms with van der Waals surface area (Å²) in [6, 6.07) is 0. The number of aliphatic hydroxyl groups is 2. The summed E-state index contributed by atoms with van der Waals surface area (Å²) < 4.78 is 0. The molecule has 0 unspecified atom stereocenters. The first-order valence-corrected chi connectivity index (χ1v) is 9.76. The fourth-order valence-corrected chi connectivity index (χ4v) is 3.39. The predicted molar refractivity (Wildman–Crippen MR) is 102 cm³/mol. The van der Waals surface area contributed by atoms with Gasteiger partial charge < -0.3 is 15.3 Å². The highest BCUT2D eigenvalue weighted by atomic mass is 16.4. The van der Waals surface area contributed by atoms with Crippen LogP contribution in [0.4, 0.5) is 0 Å². The lowest BCUT2D eigenvalue weighted by atomic mass is 9.88. The molecule has 4 atom stereocenters. The van der Waals surface area contributed by atoms with Gasteiger partial charge in [-0.2, -0.15) is 0 Å². The Morgan fingerprint density at radius 2 is 2.00 bits per heavy atom. The zero-order valence-electron chi connectivity index (χ0n) is 16.1. The van der Waals surface area contributed by atoms with Gasteiger partial charge in [0.1, 0.15) is 5.78 Å². The summed E-state index contributed by atoms with van der Waals surface area (Å²) in [5.41, 5.74) is -0.930. The number of unbranched alkanes of at least 4 members (excludes halogenated alkanes) is 3. The van der Waals surface area contributed by atoms with Gasteiger partial charge in [-0.1, -0.05) is 50.5 Å². The van der Waals surface area contributed by atoms with E-state index in [1.54, 1.807) is 19.1 Å². The number of aliphatic carboxylic acids is 1. The van der Waals surface area contributed by atoms with Gasteiger partial charge in [-0.15, -0.1) is 0 Å². The molecule has 26 heavy (non-hydrogen) atoms. The number of carbonyl (C=O) groups excluding carboxylic acids is 1. The van der Waals surface area contributed by atoms with E-state index in [0.29, 0.717) is 25.7 Å². The van der Waals surface area contributed by atoms with E-state index in [9.17, 15) is 19.8 Å². The summed E-state index contributed by atoms with van der Waals surface area (Å²) in [6.07, 6.45) is 12.6. The number of hydrogen-bond acceptors (Lipinski definition) is 4. The molecule has 0 spiro atoms. The van der Waals surface area contributed by atoms with E-state index in [4.69, 9.17) is 5.11 Å². The number of ketones is 1. The van der Waals surface area contributed by atoms with Gasteiger partial charge in [-0.25, -0.2) is 0 Å². The summed E-state index contributed by atoms with van der Waals surface area (Å²) in [5.74, 6) is -1.33. The molecule has 1 aliphatic rings. The van der Waals surface area contributed by atoms with Crippen LogP contribution in [0.1, 0.15) is 71.6 Å². The maximum absolute atomic E-state index is 12.2. The van der Waals surface area contributed by atoms with Crippen molar-refractivity contribution in [2.24, 2.45) is 11.8 Å². The molecule has 1 aliphatic carbocycles. The quantitative estimate of drug-likeness (QED) is 0.362. The van der Waals surface area contributed by atoms with Crippen LogP contribution in [0.15, 0.2) is 24.3 Å². The van der Waals surface area contributed by atoms with E-state index in [1.165, 1.54) is 0 Å². The average Bonchev–Trinajstić information content (AvgIpc) is 2.82. The number of carboxylic acids is 1. The minimum atomic E-state index is -0.930. The van der Waals surface area contributed by atoms with Crippen LogP contribution in [0.5, 0.6) is 0 Å². The number of carbonyl (C=O) groups is 2. The van der Waals surface area contributed by atoms with Gasteiger partial charge in [-0.3, -0.25) is 9.59 Å². The van der Waals surface area contributed by atoms with Crippen LogP contribution in [-0.2, 0) is 9.59 Å². The highest BCUT2D eigenvalue weighted by Crippen LogP contribution is 2.34. The molecule has 5 nitrogen and oxygen atoms in total. The normalized spacial score (nSPS) is 26.0. The Morgan fingerprint density at radius 3 is 2.65 bits per heavy atom. The van der Waals surface area contributed by atoms with Gasteiger partial charge in [0.25, 0.3) is 0 Å². The molecule has 0 heterocycles. The Labute approximate surface area is 156 Å². The molecular formula is C21H34O5. The van der Waals surface area contributed by atoms with Crippen LogP contribution in [-0.4, -0.2) is 38.8 Å². The Bertz CT molecular complexity index is 507. The van der Waals surface area contributed by atoms with Crippen LogP contribution in [0.25, 0.3) is 0 Å². The Morgan fingerprint density at radius 1 is 1.27 bits per heavy atom. The maximum atomic E-state index is 12.2. The van der Waals surface area contributed by atoms with E-state index in [-0.39, 0.29) is 30.5 Å². The SMILES string of the molecule is CCCCC[C@@](C)(O)/C=C/[C@H]1C(=O)C[C@H](O)[C@@H]1C/C=C\CCCC(=O)O. The van der Waals surface area contributed by atoms with Crippen molar-refractivity contribution in [3.8, 4) is 0 Å². The monoisotopic (exact) mass is 366 g/mol. The summed E-state index contributed by atoms with van der Waals surface area (Å²) >= 11 is 0. The molecule has 0 aromatic carbocycles. The molecule has 148 valence electrons. The topological polar surface area (TPSA) is 94.8 Å². The first-order valence-electron chi connectivity index (χ1n) is 9.76. The standard InChI is InChI=1S/C21H34O5/c1-3-4-9-13-21(2,26)14-12-17-16(18(22)15-19(17)23)10-7-5-6-8-11-20(24)25/h5,7,12,14,16-18,22,26H,3-4,6,8-11,13,15H2,1-2H3,(H,24,25)/b7-5-,14-12+/t16-,17-,18+,21-/m1/s1. The van der Waals surface area contributed by atoms with Crippen LogP contribution < -0.4 is 0 Å². The Balaban J connectivity index is 2.58. The highest BCUT2D eigenvalue weighted by Gasteiger charge is 2.39. The minimum Gasteiger partial charge on any atom is -0.481 e. The Kier molecular flexibility index (Phi) is 9.81. The van der Waals surface area contributed by atoms with Crippen molar-refractivity contribution in [3.63, 3.8) is 0 Å². The van der Waals surface area contributed by atoms with Crippen LogP contribution >= 0.6 is 0 Å². The van der Waals surface area contributed by atoms with Crippen LogP contribution in [0, 0.1) is 11.8 Å². The molecule has 1 saturated carbocycles. The molecule has 1 fully saturated rings. The van der Waals surface area contributed by atoms with Crippen LogP contribution in [0.2, 0.25) is 0 Å². The first-order chi connectivity index (χ1) is 12.3. The number of allylic oxidation sites excluding steroid dienone is 3. The fourth-order valence-electron chi connectivity index (χ4n) is 3.39. The van der Waals surface area contributed by atoms with Crippen molar-refractivity contribution in [2.75, 3.05) is 0 Å². The number of carboxylic acid groups (broad SMARTS) is 1. The number of rotatable bonds is 12. The number of aliphatic hydroxyl groups excluding tert-OH is 1. The smallest absolute Gasteiger partial charge is 0.303 e. The van der Waals surface area contributed by atoms with E-state index in [1.807, 2.05) is 12.2 Å². The third-order valence-electron chi connectivity index (χ3n) is 5.02. The molecule has 0 bridgehead atoms. The zero-order valence-corrected chi connectivity index (χ0v) is 16.1. The molecule has 0 radical (unpaired) electrons. The van der Waals surface area contributed by atoms with Gasteiger partial charge in [-0.05, 0) is 32.6 Å². The molecule has 5 heteroatoms. The summed E-state index contributed by atoms with van der Waals surface area (Å²) in [4.78, 5) is 22.7. The van der Waals surface area contributed by atoms with Gasteiger partial charge in [0.2, 0.25) is 0 Å². The molecular weight excluding hydrogens is 332 g/mol. The fraction of sp³-hybridized carbons (Fsp3) is 0.714. The molecule has 0 aromatic rings. The molecule has 1 rings (SSSR count). The van der Waals surface area contributed by atoms with E-state index in [2.05, 4.69) is 6.92 Å². The van der Waals surface area contributed by atoms with Gasteiger partial charge in [0.15, 0.2) is 0 Å². The Hall–Kier alpha value is -1.46. The van der Waals surface area contributed by atoms with Gasteiger partial charge in [0, 0.05) is 24.7 Å². The van der Waals surface area contributed by atoms with Crippen molar-refractivity contribution >= 4 is 11.8 Å². The first kappa shape index (κ1) is 22.6. The highest BCUT2D eigenvalue weighted by molar-refractivity contribution is 5.86. The van der Waals surface area contributed by atoms with Gasteiger partial charge in [0.05, 0.1) is 11.7 Å². The lowest BCUT2D eigenvalue weighted by molar-refractivity contribution is -0.137. The summed E-state index contributed by atoms with van der Waals surface area (Å²) in [5, 5.41) is 29.2. The lowest BCUT2D eigenvalue weighted by Crippen LogP contribution is -2.23. The molecule has 0 saturated heterocycles. The molecule has 3 N–H and O–H groups in total. The molecule has 0 amide bonds. The van der Waals surface area contributed by atoms with Crippen LogP contribution in [0.3, 0.4) is 0 Å². The summed E-state index contributed by atoms with van der Waals surface area (Å²) in [7, 11) is 0.